The Morgan fingerprint density at radius 2 is 2.21 bits per heavy atom. The fourth-order valence-corrected chi connectivity index (χ4v) is 2.18. The summed E-state index contributed by atoms with van der Waals surface area (Å²) in [6.07, 6.45) is 1.64. The Balaban J connectivity index is 2.18. The Bertz CT molecular complexity index is 492. The molecule has 1 aliphatic heterocycles. The summed E-state index contributed by atoms with van der Waals surface area (Å²) in [7, 11) is 0. The summed E-state index contributed by atoms with van der Waals surface area (Å²) in [6, 6.07) is 4.93. The minimum atomic E-state index is -1.04. The van der Waals surface area contributed by atoms with E-state index in [2.05, 4.69) is 5.32 Å². The van der Waals surface area contributed by atoms with E-state index in [1.165, 1.54) is 6.07 Å². The van der Waals surface area contributed by atoms with Crippen molar-refractivity contribution < 1.29 is 19.4 Å². The first kappa shape index (κ1) is 13.5. The number of carboxylic acid groups (broad SMARTS) is 1. The van der Waals surface area contributed by atoms with Crippen LogP contribution in [0.25, 0.3) is 0 Å². The highest BCUT2D eigenvalue weighted by Crippen LogP contribution is 2.23. The predicted octanol–water partition coefficient (Wildman–Crippen LogP) is 2.06. The molecule has 5 nitrogen and oxygen atoms in total. The van der Waals surface area contributed by atoms with Gasteiger partial charge in [0.15, 0.2) is 0 Å². The molecule has 0 spiro atoms. The van der Waals surface area contributed by atoms with Crippen LogP contribution in [0.5, 0.6) is 0 Å². The standard InChI is InChI=1S/C14H17NO4/c1-9-4-2-6-11(14(17)18)12(9)15-13(16)10-5-3-7-19-8-10/h2,4,6,10H,3,5,7-8H2,1H3,(H,15,16)(H,17,18). The van der Waals surface area contributed by atoms with Gasteiger partial charge in [-0.15, -0.1) is 0 Å². The summed E-state index contributed by atoms with van der Waals surface area (Å²) in [5.41, 5.74) is 1.24. The number of rotatable bonds is 3. The van der Waals surface area contributed by atoms with Crippen molar-refractivity contribution in [2.75, 3.05) is 18.5 Å². The van der Waals surface area contributed by atoms with E-state index in [1.807, 2.05) is 0 Å². The first-order valence-electron chi connectivity index (χ1n) is 6.31. The lowest BCUT2D eigenvalue weighted by Crippen LogP contribution is -2.31. The zero-order valence-corrected chi connectivity index (χ0v) is 10.8. The van der Waals surface area contributed by atoms with E-state index >= 15 is 0 Å². The summed E-state index contributed by atoms with van der Waals surface area (Å²) in [5.74, 6) is -1.41. The molecule has 1 heterocycles. The Morgan fingerprint density at radius 3 is 2.84 bits per heavy atom. The summed E-state index contributed by atoms with van der Waals surface area (Å²) < 4.78 is 5.27. The number of benzene rings is 1. The molecular weight excluding hydrogens is 246 g/mol. The topological polar surface area (TPSA) is 75.6 Å². The lowest BCUT2D eigenvalue weighted by atomic mass is 10.0. The number of carbonyl (C=O) groups excluding carboxylic acids is 1. The molecule has 1 fully saturated rings. The van der Waals surface area contributed by atoms with Crippen molar-refractivity contribution in [2.24, 2.45) is 5.92 Å². The molecule has 2 N–H and O–H groups in total. The molecule has 0 aromatic heterocycles. The van der Waals surface area contributed by atoms with E-state index < -0.39 is 5.97 Å². The SMILES string of the molecule is Cc1cccc(C(=O)O)c1NC(=O)C1CCCOC1. The third-order valence-corrected chi connectivity index (χ3v) is 3.28. The minimum absolute atomic E-state index is 0.116. The number of hydrogen-bond donors (Lipinski definition) is 2. The number of anilines is 1. The summed E-state index contributed by atoms with van der Waals surface area (Å²) >= 11 is 0. The van der Waals surface area contributed by atoms with Gasteiger partial charge >= 0.3 is 5.97 Å². The van der Waals surface area contributed by atoms with Crippen LogP contribution in [-0.2, 0) is 9.53 Å². The van der Waals surface area contributed by atoms with Crippen molar-refractivity contribution in [1.82, 2.24) is 0 Å². The molecule has 1 aromatic carbocycles. The van der Waals surface area contributed by atoms with E-state index in [0.717, 1.165) is 18.4 Å². The zero-order valence-electron chi connectivity index (χ0n) is 10.8. The van der Waals surface area contributed by atoms with Crippen molar-refractivity contribution in [3.05, 3.63) is 29.3 Å². The number of carbonyl (C=O) groups is 2. The third kappa shape index (κ3) is 3.12. The number of aromatic carboxylic acids is 1. The van der Waals surface area contributed by atoms with Gasteiger partial charge in [0.1, 0.15) is 0 Å². The van der Waals surface area contributed by atoms with Crippen LogP contribution in [0.1, 0.15) is 28.8 Å². The van der Waals surface area contributed by atoms with Gasteiger partial charge in [0, 0.05) is 6.61 Å². The molecule has 1 amide bonds. The third-order valence-electron chi connectivity index (χ3n) is 3.28. The second kappa shape index (κ2) is 5.84. The van der Waals surface area contributed by atoms with Gasteiger partial charge in [-0.3, -0.25) is 4.79 Å². The van der Waals surface area contributed by atoms with Crippen molar-refractivity contribution in [2.45, 2.75) is 19.8 Å². The monoisotopic (exact) mass is 263 g/mol. The molecule has 0 radical (unpaired) electrons. The van der Waals surface area contributed by atoms with Gasteiger partial charge < -0.3 is 15.2 Å². The molecule has 0 bridgehead atoms. The Kier molecular flexibility index (Phi) is 4.16. The van der Waals surface area contributed by atoms with Crippen molar-refractivity contribution in [3.63, 3.8) is 0 Å². The summed E-state index contributed by atoms with van der Waals surface area (Å²) in [4.78, 5) is 23.3. The minimum Gasteiger partial charge on any atom is -0.478 e. The van der Waals surface area contributed by atoms with E-state index in [-0.39, 0.29) is 17.4 Å². The van der Waals surface area contributed by atoms with Gasteiger partial charge in [0.2, 0.25) is 5.91 Å². The number of hydrogen-bond acceptors (Lipinski definition) is 3. The van der Waals surface area contributed by atoms with Crippen molar-refractivity contribution in [1.29, 1.82) is 0 Å². The number of para-hydroxylation sites is 1. The van der Waals surface area contributed by atoms with E-state index in [9.17, 15) is 9.59 Å². The van der Waals surface area contributed by atoms with Crippen LogP contribution in [0.2, 0.25) is 0 Å². The van der Waals surface area contributed by atoms with Crippen LogP contribution in [0.15, 0.2) is 18.2 Å². The molecule has 102 valence electrons. The van der Waals surface area contributed by atoms with Crippen LogP contribution in [0.4, 0.5) is 5.69 Å². The largest absolute Gasteiger partial charge is 0.478 e. The molecule has 0 saturated carbocycles. The lowest BCUT2D eigenvalue weighted by molar-refractivity contribution is -0.123. The quantitative estimate of drug-likeness (QED) is 0.875. The summed E-state index contributed by atoms with van der Waals surface area (Å²) in [5, 5.41) is 11.9. The molecular formula is C14H17NO4. The molecule has 19 heavy (non-hydrogen) atoms. The van der Waals surface area contributed by atoms with E-state index in [1.54, 1.807) is 19.1 Å². The van der Waals surface area contributed by atoms with Crippen LogP contribution in [0.3, 0.4) is 0 Å². The molecule has 1 unspecified atom stereocenters. The maximum Gasteiger partial charge on any atom is 0.337 e. The predicted molar refractivity (Wildman–Crippen MR) is 70.3 cm³/mol. The number of carboxylic acids is 1. The number of aryl methyl sites for hydroxylation is 1. The molecule has 1 saturated heterocycles. The maximum absolute atomic E-state index is 12.1. The fourth-order valence-electron chi connectivity index (χ4n) is 2.18. The summed E-state index contributed by atoms with van der Waals surface area (Å²) in [6.45, 7) is 2.87. The van der Waals surface area contributed by atoms with Crippen LogP contribution in [-0.4, -0.2) is 30.2 Å². The smallest absolute Gasteiger partial charge is 0.337 e. The Labute approximate surface area is 111 Å². The highest BCUT2D eigenvalue weighted by atomic mass is 16.5. The molecule has 1 atom stereocenters. The van der Waals surface area contributed by atoms with E-state index in [4.69, 9.17) is 9.84 Å². The second-order valence-corrected chi connectivity index (χ2v) is 4.71. The average molecular weight is 263 g/mol. The normalized spacial score (nSPS) is 18.9. The van der Waals surface area contributed by atoms with Crippen LogP contribution in [0, 0.1) is 12.8 Å². The first-order chi connectivity index (χ1) is 9.09. The zero-order chi connectivity index (χ0) is 13.8. The molecule has 5 heteroatoms. The highest BCUT2D eigenvalue weighted by Gasteiger charge is 2.23. The molecule has 0 aliphatic carbocycles. The fraction of sp³-hybridized carbons (Fsp3) is 0.429. The Hall–Kier alpha value is -1.88. The van der Waals surface area contributed by atoms with Gasteiger partial charge in [-0.1, -0.05) is 12.1 Å². The van der Waals surface area contributed by atoms with Gasteiger partial charge in [-0.2, -0.15) is 0 Å². The van der Waals surface area contributed by atoms with Gasteiger partial charge in [-0.05, 0) is 31.4 Å². The van der Waals surface area contributed by atoms with Crippen molar-refractivity contribution >= 4 is 17.6 Å². The molecule has 2 rings (SSSR count). The van der Waals surface area contributed by atoms with Crippen molar-refractivity contribution in [3.8, 4) is 0 Å². The molecule has 1 aromatic rings. The second-order valence-electron chi connectivity index (χ2n) is 4.71. The number of amides is 1. The van der Waals surface area contributed by atoms with Gasteiger partial charge in [0.05, 0.1) is 23.8 Å². The van der Waals surface area contributed by atoms with Crippen LogP contribution < -0.4 is 5.32 Å². The highest BCUT2D eigenvalue weighted by molar-refractivity contribution is 6.02. The van der Waals surface area contributed by atoms with E-state index in [0.29, 0.717) is 18.9 Å². The average Bonchev–Trinajstić information content (AvgIpc) is 2.41. The van der Waals surface area contributed by atoms with Gasteiger partial charge in [0.25, 0.3) is 0 Å². The lowest BCUT2D eigenvalue weighted by Gasteiger charge is -2.22. The maximum atomic E-state index is 12.1. The Morgan fingerprint density at radius 1 is 1.42 bits per heavy atom. The van der Waals surface area contributed by atoms with Gasteiger partial charge in [-0.25, -0.2) is 4.79 Å². The number of ether oxygens (including phenoxy) is 1. The number of nitrogens with one attached hydrogen (secondary N) is 1. The molecule has 1 aliphatic rings. The van der Waals surface area contributed by atoms with Crippen LogP contribution >= 0.6 is 0 Å². The first-order valence-corrected chi connectivity index (χ1v) is 6.31.